The molecule has 0 aliphatic heterocycles. The number of anilines is 2. The number of Topliss-reactive ketones (excluding diaryl/α,β-unsaturated/α-hetero) is 1. The Morgan fingerprint density at radius 2 is 1.71 bits per heavy atom. The third-order valence-corrected chi connectivity index (χ3v) is 4.07. The molecule has 0 saturated carbocycles. The number of methoxy groups -OCH3 is 1. The van der Waals surface area contributed by atoms with Crippen LogP contribution in [0, 0.1) is 13.8 Å². The molecular formula is C19H21NO4. The Balaban J connectivity index is 2.73. The van der Waals surface area contributed by atoms with Crippen molar-refractivity contribution in [2.24, 2.45) is 0 Å². The van der Waals surface area contributed by atoms with Gasteiger partial charge in [-0.3, -0.25) is 4.79 Å². The number of esters is 1. The standard InChI is InChI=1S/C19H21NO4/c1-5-14(21)16-17(20-13-9-7-6-8-10-13)12(3)11(2)15(18(16)22)19(23)24-4/h6-10,20,22H,5H2,1-4H3. The Bertz CT molecular complexity index is 782. The molecule has 0 saturated heterocycles. The van der Waals surface area contributed by atoms with Crippen LogP contribution in [-0.2, 0) is 4.74 Å². The van der Waals surface area contributed by atoms with E-state index in [2.05, 4.69) is 5.32 Å². The van der Waals surface area contributed by atoms with Gasteiger partial charge in [-0.1, -0.05) is 25.1 Å². The zero-order valence-electron chi connectivity index (χ0n) is 14.3. The van der Waals surface area contributed by atoms with Crippen molar-refractivity contribution in [1.82, 2.24) is 0 Å². The van der Waals surface area contributed by atoms with Gasteiger partial charge in [-0.15, -0.1) is 0 Å². The third kappa shape index (κ3) is 3.11. The first-order chi connectivity index (χ1) is 11.4. The fourth-order valence-electron chi connectivity index (χ4n) is 2.61. The number of para-hydroxylation sites is 1. The lowest BCUT2D eigenvalue weighted by Crippen LogP contribution is -2.13. The van der Waals surface area contributed by atoms with Crippen LogP contribution in [-0.4, -0.2) is 24.0 Å². The van der Waals surface area contributed by atoms with Gasteiger partial charge in [-0.2, -0.15) is 0 Å². The largest absolute Gasteiger partial charge is 0.506 e. The van der Waals surface area contributed by atoms with Crippen molar-refractivity contribution in [3.05, 3.63) is 52.6 Å². The number of phenols is 1. The molecule has 0 aliphatic rings. The van der Waals surface area contributed by atoms with Crippen molar-refractivity contribution in [1.29, 1.82) is 0 Å². The van der Waals surface area contributed by atoms with Crippen LogP contribution in [0.1, 0.15) is 45.2 Å². The summed E-state index contributed by atoms with van der Waals surface area (Å²) in [6.07, 6.45) is 0.208. The number of aromatic hydroxyl groups is 1. The van der Waals surface area contributed by atoms with Crippen LogP contribution in [0.15, 0.2) is 30.3 Å². The van der Waals surface area contributed by atoms with Gasteiger partial charge in [0.15, 0.2) is 5.78 Å². The van der Waals surface area contributed by atoms with E-state index in [0.29, 0.717) is 16.8 Å². The van der Waals surface area contributed by atoms with Crippen LogP contribution >= 0.6 is 0 Å². The van der Waals surface area contributed by atoms with Crippen LogP contribution in [0.25, 0.3) is 0 Å². The molecule has 0 aliphatic carbocycles. The summed E-state index contributed by atoms with van der Waals surface area (Å²) >= 11 is 0. The molecule has 2 aromatic carbocycles. The number of hydrogen-bond acceptors (Lipinski definition) is 5. The van der Waals surface area contributed by atoms with E-state index >= 15 is 0 Å². The summed E-state index contributed by atoms with van der Waals surface area (Å²) in [5.41, 5.74) is 2.74. The first-order valence-corrected chi connectivity index (χ1v) is 7.72. The molecular weight excluding hydrogens is 306 g/mol. The first kappa shape index (κ1) is 17.5. The highest BCUT2D eigenvalue weighted by Crippen LogP contribution is 2.39. The zero-order valence-corrected chi connectivity index (χ0v) is 14.3. The van der Waals surface area contributed by atoms with Crippen LogP contribution in [0.5, 0.6) is 5.75 Å². The predicted molar refractivity (Wildman–Crippen MR) is 93.3 cm³/mol. The summed E-state index contributed by atoms with van der Waals surface area (Å²) in [5.74, 6) is -1.25. The highest BCUT2D eigenvalue weighted by Gasteiger charge is 2.27. The maximum Gasteiger partial charge on any atom is 0.341 e. The molecule has 5 nitrogen and oxygen atoms in total. The summed E-state index contributed by atoms with van der Waals surface area (Å²) in [5, 5.41) is 13.8. The molecule has 2 aromatic rings. The zero-order chi connectivity index (χ0) is 17.9. The molecule has 24 heavy (non-hydrogen) atoms. The van der Waals surface area contributed by atoms with E-state index in [1.54, 1.807) is 20.8 Å². The number of benzene rings is 2. The van der Waals surface area contributed by atoms with Gasteiger partial charge in [-0.05, 0) is 37.1 Å². The molecule has 0 radical (unpaired) electrons. The number of rotatable bonds is 5. The molecule has 0 aromatic heterocycles. The summed E-state index contributed by atoms with van der Waals surface area (Å²) in [6.45, 7) is 5.23. The van der Waals surface area contributed by atoms with E-state index in [4.69, 9.17) is 4.74 Å². The van der Waals surface area contributed by atoms with Crippen molar-refractivity contribution < 1.29 is 19.4 Å². The lowest BCUT2D eigenvalue weighted by atomic mass is 9.92. The van der Waals surface area contributed by atoms with Gasteiger partial charge < -0.3 is 15.2 Å². The minimum atomic E-state index is -0.662. The van der Waals surface area contributed by atoms with Crippen LogP contribution < -0.4 is 5.32 Å². The first-order valence-electron chi connectivity index (χ1n) is 7.72. The number of phenolic OH excluding ortho intramolecular Hbond substituents is 1. The number of carbonyl (C=O) groups is 2. The normalized spacial score (nSPS) is 10.3. The highest BCUT2D eigenvalue weighted by molar-refractivity contribution is 6.09. The van der Waals surface area contributed by atoms with E-state index in [0.717, 1.165) is 5.69 Å². The molecule has 0 spiro atoms. The molecule has 2 N–H and O–H groups in total. The van der Waals surface area contributed by atoms with E-state index < -0.39 is 5.97 Å². The summed E-state index contributed by atoms with van der Waals surface area (Å²) in [4.78, 5) is 24.4. The number of ketones is 1. The Labute approximate surface area is 141 Å². The van der Waals surface area contributed by atoms with Crippen LogP contribution in [0.2, 0.25) is 0 Å². The lowest BCUT2D eigenvalue weighted by molar-refractivity contribution is 0.0596. The highest BCUT2D eigenvalue weighted by atomic mass is 16.5. The second kappa shape index (κ2) is 7.17. The second-order valence-corrected chi connectivity index (χ2v) is 5.48. The fourth-order valence-corrected chi connectivity index (χ4v) is 2.61. The third-order valence-electron chi connectivity index (χ3n) is 4.07. The van der Waals surface area contributed by atoms with Crippen molar-refractivity contribution in [3.63, 3.8) is 0 Å². The smallest absolute Gasteiger partial charge is 0.341 e. The molecule has 0 heterocycles. The molecule has 0 amide bonds. The summed E-state index contributed by atoms with van der Waals surface area (Å²) < 4.78 is 4.75. The number of hydrogen-bond donors (Lipinski definition) is 2. The van der Waals surface area contributed by atoms with Gasteiger partial charge in [0.25, 0.3) is 0 Å². The van der Waals surface area contributed by atoms with Crippen molar-refractivity contribution in [2.75, 3.05) is 12.4 Å². The van der Waals surface area contributed by atoms with E-state index in [9.17, 15) is 14.7 Å². The molecule has 126 valence electrons. The predicted octanol–water partition coefficient (Wildman–Crippen LogP) is 4.13. The fraction of sp³-hybridized carbons (Fsp3) is 0.263. The monoisotopic (exact) mass is 327 g/mol. The Kier molecular flexibility index (Phi) is 5.24. The molecule has 5 heteroatoms. The van der Waals surface area contributed by atoms with Gasteiger partial charge >= 0.3 is 5.97 Å². The molecule has 0 unspecified atom stereocenters. The molecule has 0 atom stereocenters. The maximum absolute atomic E-state index is 12.4. The number of ether oxygens (including phenoxy) is 1. The average molecular weight is 327 g/mol. The van der Waals surface area contributed by atoms with Gasteiger partial charge in [0, 0.05) is 12.1 Å². The Morgan fingerprint density at radius 1 is 1.08 bits per heavy atom. The SMILES string of the molecule is CCC(=O)c1c(O)c(C(=O)OC)c(C)c(C)c1Nc1ccccc1. The van der Waals surface area contributed by atoms with E-state index in [1.807, 2.05) is 30.3 Å². The lowest BCUT2D eigenvalue weighted by Gasteiger charge is -2.20. The summed E-state index contributed by atoms with van der Waals surface area (Å²) in [6, 6.07) is 9.35. The minimum absolute atomic E-state index is 0.0328. The van der Waals surface area contributed by atoms with Crippen molar-refractivity contribution in [3.8, 4) is 5.75 Å². The molecule has 0 fully saturated rings. The van der Waals surface area contributed by atoms with Crippen molar-refractivity contribution in [2.45, 2.75) is 27.2 Å². The molecule has 2 rings (SSSR count). The Hall–Kier alpha value is -2.82. The van der Waals surface area contributed by atoms with Crippen LogP contribution in [0.3, 0.4) is 0 Å². The van der Waals surface area contributed by atoms with E-state index in [1.165, 1.54) is 7.11 Å². The maximum atomic E-state index is 12.4. The average Bonchev–Trinajstić information content (AvgIpc) is 2.59. The summed E-state index contributed by atoms with van der Waals surface area (Å²) in [7, 11) is 1.24. The van der Waals surface area contributed by atoms with Gasteiger partial charge in [0.2, 0.25) is 0 Å². The van der Waals surface area contributed by atoms with Crippen LogP contribution in [0.4, 0.5) is 11.4 Å². The number of nitrogens with one attached hydrogen (secondary N) is 1. The van der Waals surface area contributed by atoms with Crippen molar-refractivity contribution >= 4 is 23.1 Å². The quantitative estimate of drug-likeness (QED) is 0.638. The van der Waals surface area contributed by atoms with Gasteiger partial charge in [0.05, 0.1) is 18.4 Å². The topological polar surface area (TPSA) is 75.6 Å². The number of carbonyl (C=O) groups excluding carboxylic acids is 2. The second-order valence-electron chi connectivity index (χ2n) is 5.48. The van der Waals surface area contributed by atoms with E-state index in [-0.39, 0.29) is 29.1 Å². The van der Waals surface area contributed by atoms with Gasteiger partial charge in [0.1, 0.15) is 11.3 Å². The minimum Gasteiger partial charge on any atom is -0.506 e. The molecule has 0 bridgehead atoms. The van der Waals surface area contributed by atoms with Gasteiger partial charge in [-0.25, -0.2) is 4.79 Å². The Morgan fingerprint density at radius 3 is 2.25 bits per heavy atom.